The summed E-state index contributed by atoms with van der Waals surface area (Å²) >= 11 is 0. The molecule has 0 aliphatic carbocycles. The highest BCUT2D eigenvalue weighted by molar-refractivity contribution is 5.30. The molecule has 0 saturated carbocycles. The lowest BCUT2D eigenvalue weighted by molar-refractivity contribution is 0.0485. The summed E-state index contributed by atoms with van der Waals surface area (Å²) in [5.41, 5.74) is 8.25. The van der Waals surface area contributed by atoms with Gasteiger partial charge in [-0.25, -0.2) is 0 Å². The van der Waals surface area contributed by atoms with Crippen LogP contribution >= 0.6 is 0 Å². The van der Waals surface area contributed by atoms with Crippen molar-refractivity contribution >= 4 is 0 Å². The topological polar surface area (TPSA) is 35.2 Å². The van der Waals surface area contributed by atoms with Crippen molar-refractivity contribution in [1.29, 1.82) is 0 Å². The predicted octanol–water partition coefficient (Wildman–Crippen LogP) is 1.26. The number of ether oxygens (including phenoxy) is 1. The summed E-state index contributed by atoms with van der Waals surface area (Å²) in [4.78, 5) is 0. The van der Waals surface area contributed by atoms with Crippen LogP contribution in [0.25, 0.3) is 0 Å². The molecule has 0 amide bonds. The quantitative estimate of drug-likeness (QED) is 0.676. The van der Waals surface area contributed by atoms with Crippen LogP contribution in [0.2, 0.25) is 0 Å². The van der Waals surface area contributed by atoms with Gasteiger partial charge in [0, 0.05) is 6.54 Å². The first-order valence-corrected chi connectivity index (χ1v) is 4.31. The fraction of sp³-hybridized carbons (Fsp3) is 0.400. The van der Waals surface area contributed by atoms with Gasteiger partial charge in [0.05, 0.1) is 12.7 Å². The SMILES string of the molecule is NCC1OCCc2ccccc21. The zero-order valence-corrected chi connectivity index (χ0v) is 6.99. The van der Waals surface area contributed by atoms with Gasteiger partial charge < -0.3 is 10.5 Å². The molecule has 1 aliphatic heterocycles. The molecule has 0 spiro atoms. The molecule has 0 fully saturated rings. The van der Waals surface area contributed by atoms with Gasteiger partial charge in [-0.05, 0) is 17.5 Å². The maximum absolute atomic E-state index is 5.59. The molecule has 1 atom stereocenters. The van der Waals surface area contributed by atoms with E-state index in [9.17, 15) is 0 Å². The average Bonchev–Trinajstić information content (AvgIpc) is 2.17. The Morgan fingerprint density at radius 3 is 3.08 bits per heavy atom. The van der Waals surface area contributed by atoms with Crippen LogP contribution in [0.1, 0.15) is 17.2 Å². The van der Waals surface area contributed by atoms with E-state index < -0.39 is 0 Å². The summed E-state index contributed by atoms with van der Waals surface area (Å²) < 4.78 is 5.53. The van der Waals surface area contributed by atoms with Gasteiger partial charge in [0.1, 0.15) is 0 Å². The van der Waals surface area contributed by atoms with E-state index in [1.807, 2.05) is 6.07 Å². The molecule has 2 heteroatoms. The molecule has 1 aromatic carbocycles. The fourth-order valence-electron chi connectivity index (χ4n) is 1.67. The van der Waals surface area contributed by atoms with E-state index in [0.29, 0.717) is 6.54 Å². The molecule has 1 unspecified atom stereocenters. The molecular formula is C10H13NO. The van der Waals surface area contributed by atoms with Gasteiger partial charge in [0.15, 0.2) is 0 Å². The lowest BCUT2D eigenvalue weighted by Crippen LogP contribution is -2.22. The molecule has 1 aliphatic rings. The summed E-state index contributed by atoms with van der Waals surface area (Å²) in [6, 6.07) is 8.36. The Balaban J connectivity index is 2.37. The Kier molecular flexibility index (Phi) is 2.11. The molecule has 0 aromatic heterocycles. The van der Waals surface area contributed by atoms with E-state index >= 15 is 0 Å². The molecule has 1 aromatic rings. The minimum Gasteiger partial charge on any atom is -0.372 e. The molecule has 64 valence electrons. The number of hydrogen-bond donors (Lipinski definition) is 1. The van der Waals surface area contributed by atoms with E-state index in [4.69, 9.17) is 10.5 Å². The van der Waals surface area contributed by atoms with Gasteiger partial charge in [0.25, 0.3) is 0 Å². The Morgan fingerprint density at radius 2 is 2.25 bits per heavy atom. The molecule has 12 heavy (non-hydrogen) atoms. The zero-order valence-electron chi connectivity index (χ0n) is 6.99. The van der Waals surface area contributed by atoms with Crippen LogP contribution in [0.15, 0.2) is 24.3 Å². The number of hydrogen-bond acceptors (Lipinski definition) is 2. The van der Waals surface area contributed by atoms with Gasteiger partial charge in [-0.15, -0.1) is 0 Å². The van der Waals surface area contributed by atoms with Crippen molar-refractivity contribution in [3.63, 3.8) is 0 Å². The van der Waals surface area contributed by atoms with Crippen LogP contribution < -0.4 is 5.73 Å². The minimum absolute atomic E-state index is 0.120. The molecule has 0 bridgehead atoms. The monoisotopic (exact) mass is 163 g/mol. The Labute approximate surface area is 72.3 Å². The van der Waals surface area contributed by atoms with Crippen molar-refractivity contribution in [3.05, 3.63) is 35.4 Å². The molecule has 0 saturated heterocycles. The van der Waals surface area contributed by atoms with E-state index in [2.05, 4.69) is 18.2 Å². The lowest BCUT2D eigenvalue weighted by atomic mass is 9.98. The molecule has 1 heterocycles. The van der Waals surface area contributed by atoms with E-state index in [-0.39, 0.29) is 6.10 Å². The maximum Gasteiger partial charge on any atom is 0.0949 e. The maximum atomic E-state index is 5.59. The number of nitrogens with two attached hydrogens (primary N) is 1. The van der Waals surface area contributed by atoms with Crippen LogP contribution in [0.5, 0.6) is 0 Å². The Hall–Kier alpha value is -0.860. The van der Waals surface area contributed by atoms with Crippen molar-refractivity contribution in [2.45, 2.75) is 12.5 Å². The fourth-order valence-corrected chi connectivity index (χ4v) is 1.67. The molecule has 0 radical (unpaired) electrons. The van der Waals surface area contributed by atoms with Crippen molar-refractivity contribution in [3.8, 4) is 0 Å². The second kappa shape index (κ2) is 3.25. The van der Waals surface area contributed by atoms with Crippen molar-refractivity contribution in [2.75, 3.05) is 13.2 Å². The van der Waals surface area contributed by atoms with Gasteiger partial charge >= 0.3 is 0 Å². The smallest absolute Gasteiger partial charge is 0.0949 e. The lowest BCUT2D eigenvalue weighted by Gasteiger charge is -2.24. The van der Waals surface area contributed by atoms with E-state index in [1.165, 1.54) is 11.1 Å². The molecular weight excluding hydrogens is 150 g/mol. The van der Waals surface area contributed by atoms with Crippen LogP contribution in [-0.4, -0.2) is 13.2 Å². The highest BCUT2D eigenvalue weighted by Gasteiger charge is 2.17. The average molecular weight is 163 g/mol. The predicted molar refractivity (Wildman–Crippen MR) is 47.9 cm³/mol. The number of benzene rings is 1. The summed E-state index contributed by atoms with van der Waals surface area (Å²) in [5.74, 6) is 0. The van der Waals surface area contributed by atoms with E-state index in [1.54, 1.807) is 0 Å². The minimum atomic E-state index is 0.120. The first-order chi connectivity index (χ1) is 5.92. The largest absolute Gasteiger partial charge is 0.372 e. The van der Waals surface area contributed by atoms with E-state index in [0.717, 1.165) is 13.0 Å². The standard InChI is InChI=1S/C10H13NO/c11-7-10-9-4-2-1-3-8(9)5-6-12-10/h1-4,10H,5-7,11H2. The third kappa shape index (κ3) is 1.24. The number of rotatable bonds is 1. The molecule has 2 nitrogen and oxygen atoms in total. The van der Waals surface area contributed by atoms with Crippen LogP contribution in [0, 0.1) is 0 Å². The number of fused-ring (bicyclic) bond motifs is 1. The third-order valence-corrected chi connectivity index (χ3v) is 2.31. The van der Waals surface area contributed by atoms with Crippen molar-refractivity contribution in [2.24, 2.45) is 5.73 Å². The first-order valence-electron chi connectivity index (χ1n) is 4.31. The zero-order chi connectivity index (χ0) is 8.39. The summed E-state index contributed by atoms with van der Waals surface area (Å²) in [6.07, 6.45) is 1.14. The van der Waals surface area contributed by atoms with Gasteiger partial charge in [-0.3, -0.25) is 0 Å². The van der Waals surface area contributed by atoms with Crippen molar-refractivity contribution < 1.29 is 4.74 Å². The highest BCUT2D eigenvalue weighted by Crippen LogP contribution is 2.25. The Morgan fingerprint density at radius 1 is 1.42 bits per heavy atom. The summed E-state index contributed by atoms with van der Waals surface area (Å²) in [6.45, 7) is 1.38. The third-order valence-electron chi connectivity index (χ3n) is 2.31. The van der Waals surface area contributed by atoms with Crippen molar-refractivity contribution in [1.82, 2.24) is 0 Å². The van der Waals surface area contributed by atoms with Gasteiger partial charge in [-0.2, -0.15) is 0 Å². The van der Waals surface area contributed by atoms with Crippen LogP contribution in [0.3, 0.4) is 0 Å². The Bertz CT molecular complexity index is 272. The summed E-state index contributed by atoms with van der Waals surface area (Å²) in [5, 5.41) is 0. The first kappa shape index (κ1) is 7.77. The van der Waals surface area contributed by atoms with Crippen LogP contribution in [-0.2, 0) is 11.2 Å². The second-order valence-electron chi connectivity index (χ2n) is 3.04. The molecule has 2 N–H and O–H groups in total. The normalized spacial score (nSPS) is 21.9. The highest BCUT2D eigenvalue weighted by atomic mass is 16.5. The molecule has 2 rings (SSSR count). The van der Waals surface area contributed by atoms with Gasteiger partial charge in [-0.1, -0.05) is 24.3 Å². The summed E-state index contributed by atoms with van der Waals surface area (Å²) in [7, 11) is 0. The van der Waals surface area contributed by atoms with Gasteiger partial charge in [0.2, 0.25) is 0 Å². The second-order valence-corrected chi connectivity index (χ2v) is 3.04. The van der Waals surface area contributed by atoms with Crippen LogP contribution in [0.4, 0.5) is 0 Å².